The first-order chi connectivity index (χ1) is 9.78. The van der Waals surface area contributed by atoms with Gasteiger partial charge in [0.05, 0.1) is 5.56 Å². The van der Waals surface area contributed by atoms with Crippen molar-refractivity contribution < 1.29 is 4.79 Å². The van der Waals surface area contributed by atoms with Gasteiger partial charge in [-0.3, -0.25) is 4.79 Å². The van der Waals surface area contributed by atoms with Crippen molar-refractivity contribution in [2.75, 3.05) is 5.32 Å². The summed E-state index contributed by atoms with van der Waals surface area (Å²) in [7, 11) is 0. The minimum absolute atomic E-state index is 0.137. The minimum atomic E-state index is 0.137. The van der Waals surface area contributed by atoms with Crippen LogP contribution >= 0.6 is 11.6 Å². The number of rotatable bonds is 3. The quantitative estimate of drug-likeness (QED) is 0.586. The zero-order chi connectivity index (χ0) is 13.9. The van der Waals surface area contributed by atoms with E-state index < -0.39 is 0 Å². The normalized spacial score (nSPS) is 10.4. The molecule has 0 aliphatic carbocycles. The van der Waals surface area contributed by atoms with Gasteiger partial charge >= 0.3 is 0 Å². The molecular weight excluding hydrogens is 274 g/mol. The maximum Gasteiger partial charge on any atom is 0.156 e. The van der Waals surface area contributed by atoms with E-state index in [1.54, 1.807) is 0 Å². The molecule has 0 unspecified atom stereocenters. The summed E-state index contributed by atoms with van der Waals surface area (Å²) >= 11 is 5.87. The Morgan fingerprint density at radius 2 is 1.85 bits per heavy atom. The monoisotopic (exact) mass is 283 g/mol. The van der Waals surface area contributed by atoms with Gasteiger partial charge < -0.3 is 5.32 Å². The van der Waals surface area contributed by atoms with Crippen LogP contribution in [0.25, 0.3) is 10.8 Å². The summed E-state index contributed by atoms with van der Waals surface area (Å²) in [6.07, 6.45) is 1.96. The molecule has 4 nitrogen and oxygen atoms in total. The second-order valence-electron chi connectivity index (χ2n) is 4.23. The minimum Gasteiger partial charge on any atom is -0.339 e. The van der Waals surface area contributed by atoms with Gasteiger partial charge in [-0.25, -0.2) is 9.97 Å². The van der Waals surface area contributed by atoms with Crippen molar-refractivity contribution in [1.82, 2.24) is 9.97 Å². The number of nitrogens with one attached hydrogen (secondary N) is 1. The van der Waals surface area contributed by atoms with E-state index in [2.05, 4.69) is 15.3 Å². The Morgan fingerprint density at radius 3 is 2.65 bits per heavy atom. The molecule has 98 valence electrons. The van der Waals surface area contributed by atoms with Gasteiger partial charge in [-0.2, -0.15) is 0 Å². The van der Waals surface area contributed by atoms with E-state index in [1.165, 1.54) is 6.33 Å². The first-order valence-corrected chi connectivity index (χ1v) is 6.37. The number of carbonyl (C=O) groups excluding carboxylic acids is 1. The highest BCUT2D eigenvalue weighted by molar-refractivity contribution is 6.32. The molecule has 3 aromatic rings. The molecule has 2 aromatic carbocycles. The van der Waals surface area contributed by atoms with Crippen molar-refractivity contribution in [3.05, 3.63) is 59.5 Å². The van der Waals surface area contributed by atoms with Crippen LogP contribution in [-0.2, 0) is 0 Å². The number of aromatic nitrogens is 2. The van der Waals surface area contributed by atoms with E-state index in [1.807, 2.05) is 42.5 Å². The summed E-state index contributed by atoms with van der Waals surface area (Å²) in [4.78, 5) is 18.9. The number of benzene rings is 2. The van der Waals surface area contributed by atoms with Gasteiger partial charge in [0.1, 0.15) is 17.3 Å². The highest BCUT2D eigenvalue weighted by Gasteiger charge is 2.09. The third-order valence-corrected chi connectivity index (χ3v) is 3.27. The summed E-state index contributed by atoms with van der Waals surface area (Å²) in [5.74, 6) is 0.398. The molecule has 5 heteroatoms. The average Bonchev–Trinajstić information content (AvgIpc) is 2.47. The van der Waals surface area contributed by atoms with Crippen LogP contribution in [0.2, 0.25) is 5.15 Å². The van der Waals surface area contributed by atoms with Crippen LogP contribution in [0.4, 0.5) is 11.5 Å². The Kier molecular flexibility index (Phi) is 3.31. The van der Waals surface area contributed by atoms with E-state index in [4.69, 9.17) is 11.6 Å². The fourth-order valence-electron chi connectivity index (χ4n) is 1.98. The lowest BCUT2D eigenvalue weighted by molar-refractivity contribution is 0.112. The van der Waals surface area contributed by atoms with Gasteiger partial charge in [0.25, 0.3) is 0 Å². The van der Waals surface area contributed by atoms with Crippen LogP contribution in [0.15, 0.2) is 48.8 Å². The van der Waals surface area contributed by atoms with Gasteiger partial charge in [-0.1, -0.05) is 41.9 Å². The number of anilines is 2. The lowest BCUT2D eigenvalue weighted by atomic mass is 10.1. The van der Waals surface area contributed by atoms with Crippen LogP contribution in [0.5, 0.6) is 0 Å². The lowest BCUT2D eigenvalue weighted by Gasteiger charge is -2.09. The van der Waals surface area contributed by atoms with Crippen molar-refractivity contribution in [1.29, 1.82) is 0 Å². The average molecular weight is 284 g/mol. The van der Waals surface area contributed by atoms with Crippen LogP contribution in [0, 0.1) is 0 Å². The van der Waals surface area contributed by atoms with Gasteiger partial charge in [-0.15, -0.1) is 0 Å². The molecule has 3 rings (SSSR count). The van der Waals surface area contributed by atoms with Gasteiger partial charge in [0.2, 0.25) is 0 Å². The maximum absolute atomic E-state index is 11.0. The molecule has 1 aromatic heterocycles. The molecule has 1 heterocycles. The van der Waals surface area contributed by atoms with Gasteiger partial charge in [0.15, 0.2) is 6.29 Å². The zero-order valence-corrected chi connectivity index (χ0v) is 11.1. The molecule has 0 saturated heterocycles. The van der Waals surface area contributed by atoms with Crippen molar-refractivity contribution >= 4 is 40.2 Å². The molecule has 0 amide bonds. The number of aldehydes is 1. The molecule has 0 saturated carbocycles. The highest BCUT2D eigenvalue weighted by atomic mass is 35.5. The highest BCUT2D eigenvalue weighted by Crippen LogP contribution is 2.24. The van der Waals surface area contributed by atoms with E-state index in [-0.39, 0.29) is 10.7 Å². The molecule has 0 fully saturated rings. The van der Waals surface area contributed by atoms with Crippen LogP contribution in [-0.4, -0.2) is 16.3 Å². The molecule has 0 spiro atoms. The molecule has 1 N–H and O–H groups in total. The van der Waals surface area contributed by atoms with Crippen molar-refractivity contribution in [2.24, 2.45) is 0 Å². The summed E-state index contributed by atoms with van der Waals surface area (Å²) in [6, 6.07) is 13.9. The summed E-state index contributed by atoms with van der Waals surface area (Å²) < 4.78 is 0. The number of carbonyl (C=O) groups is 1. The number of nitrogens with zero attached hydrogens (tertiary/aromatic N) is 2. The fourth-order valence-corrected chi connectivity index (χ4v) is 2.16. The topological polar surface area (TPSA) is 54.9 Å². The Balaban J connectivity index is 2.01. The van der Waals surface area contributed by atoms with Gasteiger partial charge in [0, 0.05) is 5.69 Å². The number of hydrogen-bond acceptors (Lipinski definition) is 4. The van der Waals surface area contributed by atoms with Crippen molar-refractivity contribution in [3.8, 4) is 0 Å². The third-order valence-electron chi connectivity index (χ3n) is 2.97. The largest absolute Gasteiger partial charge is 0.339 e. The molecule has 0 aliphatic rings. The maximum atomic E-state index is 11.0. The number of fused-ring (bicyclic) bond motifs is 1. The van der Waals surface area contributed by atoms with E-state index in [9.17, 15) is 4.79 Å². The molecular formula is C15H10ClN3O. The van der Waals surface area contributed by atoms with Crippen molar-refractivity contribution in [2.45, 2.75) is 0 Å². The van der Waals surface area contributed by atoms with Crippen LogP contribution < -0.4 is 5.32 Å². The Labute approximate surface area is 120 Å². The smallest absolute Gasteiger partial charge is 0.156 e. The molecule has 0 aliphatic heterocycles. The molecule has 0 bridgehead atoms. The number of hydrogen-bond donors (Lipinski definition) is 1. The van der Waals surface area contributed by atoms with E-state index >= 15 is 0 Å². The molecule has 0 radical (unpaired) electrons. The van der Waals surface area contributed by atoms with Crippen molar-refractivity contribution in [3.63, 3.8) is 0 Å². The predicted octanol–water partition coefficient (Wildman–Crippen LogP) is 3.84. The summed E-state index contributed by atoms with van der Waals surface area (Å²) in [6.45, 7) is 0. The zero-order valence-electron chi connectivity index (χ0n) is 10.4. The van der Waals surface area contributed by atoms with Crippen LogP contribution in [0.3, 0.4) is 0 Å². The summed E-state index contributed by atoms with van der Waals surface area (Å²) in [5, 5.41) is 5.48. The molecule has 0 atom stereocenters. The standard InChI is InChI=1S/C15H10ClN3O/c16-14-13(8-20)15(18-9-17-14)19-12-6-5-10-3-1-2-4-11(10)7-12/h1-9H,(H,17,18,19). The number of halogens is 1. The van der Waals surface area contributed by atoms with Gasteiger partial charge in [-0.05, 0) is 22.9 Å². The Morgan fingerprint density at radius 1 is 1.05 bits per heavy atom. The summed E-state index contributed by atoms with van der Waals surface area (Å²) in [5.41, 5.74) is 1.09. The van der Waals surface area contributed by atoms with Crippen LogP contribution in [0.1, 0.15) is 10.4 Å². The lowest BCUT2D eigenvalue weighted by Crippen LogP contribution is -2.00. The Hall–Kier alpha value is -2.46. The first-order valence-electron chi connectivity index (χ1n) is 5.99. The Bertz CT molecular complexity index is 789. The SMILES string of the molecule is O=Cc1c(Cl)ncnc1Nc1ccc2ccccc2c1. The first kappa shape index (κ1) is 12.6. The third kappa shape index (κ3) is 2.33. The van der Waals surface area contributed by atoms with E-state index in [0.717, 1.165) is 16.5 Å². The second-order valence-corrected chi connectivity index (χ2v) is 4.59. The fraction of sp³-hybridized carbons (Fsp3) is 0. The molecule has 20 heavy (non-hydrogen) atoms. The second kappa shape index (κ2) is 5.27. The predicted molar refractivity (Wildman–Crippen MR) is 79.7 cm³/mol. The van der Waals surface area contributed by atoms with E-state index in [0.29, 0.717) is 12.1 Å².